The summed E-state index contributed by atoms with van der Waals surface area (Å²) in [6.07, 6.45) is -5.04. The van der Waals surface area contributed by atoms with Gasteiger partial charge < -0.3 is 9.15 Å². The largest absolute Gasteiger partial charge is 0.465 e. The Bertz CT molecular complexity index is 934. The maximum Gasteiger partial charge on any atom is 0.419 e. The summed E-state index contributed by atoms with van der Waals surface area (Å²) >= 11 is 0. The van der Waals surface area contributed by atoms with E-state index in [2.05, 4.69) is 4.74 Å². The van der Waals surface area contributed by atoms with Crippen molar-refractivity contribution in [2.24, 2.45) is 0 Å². The summed E-state index contributed by atoms with van der Waals surface area (Å²) in [6.45, 7) is 1.03. The van der Waals surface area contributed by atoms with Gasteiger partial charge in [0.15, 0.2) is 0 Å². The minimum atomic E-state index is -5.04. The Balaban J connectivity index is 2.24. The molecule has 0 amide bonds. The SMILES string of the molecule is COC(=O)c1cc(CNS(=O)(=O)c2ccc(F)c(C(F)(F)F)c2)oc1C. The molecule has 0 fully saturated rings. The highest BCUT2D eigenvalue weighted by molar-refractivity contribution is 7.89. The first-order valence-electron chi connectivity index (χ1n) is 6.99. The number of alkyl halides is 3. The van der Waals surface area contributed by atoms with E-state index >= 15 is 0 Å². The van der Waals surface area contributed by atoms with Crippen molar-refractivity contribution in [1.82, 2.24) is 4.72 Å². The number of rotatable bonds is 5. The Morgan fingerprint density at radius 1 is 1.27 bits per heavy atom. The molecule has 0 unspecified atom stereocenters. The van der Waals surface area contributed by atoms with Crippen LogP contribution in [0.1, 0.15) is 27.4 Å². The Morgan fingerprint density at radius 3 is 2.50 bits per heavy atom. The second-order valence-corrected chi connectivity index (χ2v) is 6.91. The molecule has 0 spiro atoms. The van der Waals surface area contributed by atoms with Crippen LogP contribution in [0, 0.1) is 12.7 Å². The fourth-order valence-corrected chi connectivity index (χ4v) is 3.10. The molecule has 0 aliphatic rings. The number of ether oxygens (including phenoxy) is 1. The zero-order chi connectivity index (χ0) is 19.7. The third-order valence-corrected chi connectivity index (χ3v) is 4.76. The van der Waals surface area contributed by atoms with Gasteiger partial charge in [0.25, 0.3) is 0 Å². The van der Waals surface area contributed by atoms with Gasteiger partial charge in [-0.3, -0.25) is 0 Å². The van der Waals surface area contributed by atoms with E-state index in [1.807, 2.05) is 4.72 Å². The van der Waals surface area contributed by atoms with Crippen LogP contribution in [0.25, 0.3) is 0 Å². The number of hydrogen-bond donors (Lipinski definition) is 1. The van der Waals surface area contributed by atoms with E-state index in [0.29, 0.717) is 12.1 Å². The topological polar surface area (TPSA) is 85.6 Å². The maximum atomic E-state index is 13.3. The molecule has 11 heteroatoms. The van der Waals surface area contributed by atoms with Crippen molar-refractivity contribution in [3.8, 4) is 0 Å². The van der Waals surface area contributed by atoms with Crippen LogP contribution in [0.4, 0.5) is 17.6 Å². The zero-order valence-electron chi connectivity index (χ0n) is 13.5. The van der Waals surface area contributed by atoms with Gasteiger partial charge in [-0.15, -0.1) is 0 Å². The van der Waals surface area contributed by atoms with Crippen molar-refractivity contribution in [2.45, 2.75) is 24.5 Å². The number of sulfonamides is 1. The fraction of sp³-hybridized carbons (Fsp3) is 0.267. The van der Waals surface area contributed by atoms with Gasteiger partial charge >= 0.3 is 12.1 Å². The van der Waals surface area contributed by atoms with Crippen LogP contribution in [0.3, 0.4) is 0 Å². The van der Waals surface area contributed by atoms with Gasteiger partial charge in [0.2, 0.25) is 10.0 Å². The Morgan fingerprint density at radius 2 is 1.92 bits per heavy atom. The average molecular weight is 395 g/mol. The van der Waals surface area contributed by atoms with Crippen molar-refractivity contribution in [3.63, 3.8) is 0 Å². The van der Waals surface area contributed by atoms with Gasteiger partial charge in [-0.1, -0.05) is 0 Å². The lowest BCUT2D eigenvalue weighted by molar-refractivity contribution is -0.140. The van der Waals surface area contributed by atoms with E-state index < -0.39 is 45.0 Å². The predicted molar refractivity (Wildman–Crippen MR) is 80.2 cm³/mol. The number of nitrogens with one attached hydrogen (secondary N) is 1. The lowest BCUT2D eigenvalue weighted by Gasteiger charge is -2.11. The lowest BCUT2D eigenvalue weighted by atomic mass is 10.2. The van der Waals surface area contributed by atoms with E-state index in [1.54, 1.807) is 0 Å². The molecule has 0 saturated heterocycles. The van der Waals surface area contributed by atoms with Crippen molar-refractivity contribution in [3.05, 3.63) is 52.7 Å². The highest BCUT2D eigenvalue weighted by atomic mass is 32.2. The summed E-state index contributed by atoms with van der Waals surface area (Å²) < 4.78 is 87.4. The summed E-state index contributed by atoms with van der Waals surface area (Å²) in [5.74, 6) is -2.04. The predicted octanol–water partition coefficient (Wildman–Crippen LogP) is 3.01. The van der Waals surface area contributed by atoms with Crippen molar-refractivity contribution in [1.29, 1.82) is 0 Å². The molecular weight excluding hydrogens is 382 g/mol. The number of hydrogen-bond acceptors (Lipinski definition) is 5. The molecule has 1 aromatic heterocycles. The smallest absolute Gasteiger partial charge is 0.419 e. The Hall–Kier alpha value is -2.40. The van der Waals surface area contributed by atoms with Crippen molar-refractivity contribution in [2.75, 3.05) is 7.11 Å². The number of carbonyl (C=O) groups is 1. The fourth-order valence-electron chi connectivity index (χ4n) is 2.08. The van der Waals surface area contributed by atoms with Crippen LogP contribution in [0.2, 0.25) is 0 Å². The van der Waals surface area contributed by atoms with Crippen LogP contribution < -0.4 is 4.72 Å². The van der Waals surface area contributed by atoms with E-state index in [0.717, 1.165) is 7.11 Å². The molecule has 0 radical (unpaired) electrons. The minimum absolute atomic E-state index is 0.0460. The number of furan rings is 1. The first-order valence-corrected chi connectivity index (χ1v) is 8.48. The second-order valence-electron chi connectivity index (χ2n) is 5.14. The van der Waals surface area contributed by atoms with Crippen LogP contribution in [0.5, 0.6) is 0 Å². The maximum absolute atomic E-state index is 13.3. The highest BCUT2D eigenvalue weighted by Gasteiger charge is 2.35. The van der Waals surface area contributed by atoms with Crippen LogP contribution in [0.15, 0.2) is 33.6 Å². The molecule has 6 nitrogen and oxygen atoms in total. The Kier molecular flexibility index (Phi) is 5.42. The summed E-state index contributed by atoms with van der Waals surface area (Å²) in [4.78, 5) is 10.7. The first kappa shape index (κ1) is 19.9. The molecule has 0 atom stereocenters. The Labute approximate surface area is 145 Å². The van der Waals surface area contributed by atoms with Crippen LogP contribution >= 0.6 is 0 Å². The molecule has 1 heterocycles. The summed E-state index contributed by atoms with van der Waals surface area (Å²) in [5.41, 5.74) is -1.61. The molecule has 0 bridgehead atoms. The second kappa shape index (κ2) is 7.08. The van der Waals surface area contributed by atoms with Crippen LogP contribution in [-0.2, 0) is 27.5 Å². The van der Waals surface area contributed by atoms with Gasteiger partial charge in [0.05, 0.1) is 24.1 Å². The molecule has 0 aliphatic heterocycles. The van der Waals surface area contributed by atoms with E-state index in [-0.39, 0.29) is 23.2 Å². The molecule has 2 rings (SSSR count). The zero-order valence-corrected chi connectivity index (χ0v) is 14.3. The van der Waals surface area contributed by atoms with E-state index in [1.165, 1.54) is 13.0 Å². The normalized spacial score (nSPS) is 12.2. The number of methoxy groups -OCH3 is 1. The number of halogens is 4. The van der Waals surface area contributed by atoms with E-state index in [9.17, 15) is 30.8 Å². The third kappa shape index (κ3) is 4.22. The van der Waals surface area contributed by atoms with Gasteiger partial charge in [-0.05, 0) is 31.2 Å². The molecule has 0 saturated carbocycles. The van der Waals surface area contributed by atoms with Gasteiger partial charge in [-0.2, -0.15) is 13.2 Å². The van der Waals surface area contributed by atoms with Crippen LogP contribution in [-0.4, -0.2) is 21.5 Å². The molecule has 142 valence electrons. The van der Waals surface area contributed by atoms with Crippen molar-refractivity contribution < 1.29 is 39.9 Å². The number of benzene rings is 1. The number of aryl methyl sites for hydroxylation is 1. The van der Waals surface area contributed by atoms with Gasteiger partial charge in [0.1, 0.15) is 22.9 Å². The molecule has 2 aromatic rings. The standard InChI is InChI=1S/C15H13F4NO5S/c1-8-11(14(21)24-2)5-9(25-8)7-20-26(22,23)10-3-4-13(16)12(6-10)15(17,18)19/h3-6,20H,7H2,1-2H3. The van der Waals surface area contributed by atoms with Gasteiger partial charge in [0, 0.05) is 0 Å². The highest BCUT2D eigenvalue weighted by Crippen LogP contribution is 2.32. The van der Waals surface area contributed by atoms with E-state index in [4.69, 9.17) is 4.42 Å². The van der Waals surface area contributed by atoms with Gasteiger partial charge in [-0.25, -0.2) is 22.3 Å². The number of carbonyl (C=O) groups excluding carboxylic acids is 1. The summed E-state index contributed by atoms with van der Waals surface area (Å²) in [7, 11) is -3.22. The first-order chi connectivity index (χ1) is 12.0. The lowest BCUT2D eigenvalue weighted by Crippen LogP contribution is -2.23. The number of esters is 1. The molecule has 0 aliphatic carbocycles. The molecule has 1 aromatic carbocycles. The molecule has 26 heavy (non-hydrogen) atoms. The van der Waals surface area contributed by atoms with Crippen molar-refractivity contribution >= 4 is 16.0 Å². The quantitative estimate of drug-likeness (QED) is 0.621. The molecular formula is C15H13F4NO5S. The monoisotopic (exact) mass is 395 g/mol. The summed E-state index contributed by atoms with van der Waals surface area (Å²) in [6, 6.07) is 2.57. The average Bonchev–Trinajstić information content (AvgIpc) is 2.92. The summed E-state index contributed by atoms with van der Waals surface area (Å²) in [5, 5.41) is 0. The molecule has 1 N–H and O–H groups in total. The minimum Gasteiger partial charge on any atom is -0.465 e. The third-order valence-electron chi connectivity index (χ3n) is 3.36.